The van der Waals surface area contributed by atoms with Gasteiger partial charge in [-0.3, -0.25) is 15.2 Å². The van der Waals surface area contributed by atoms with Crippen LogP contribution in [0.1, 0.15) is 22.8 Å². The zero-order valence-electron chi connectivity index (χ0n) is 11.6. The molecule has 104 valence electrons. The molecule has 0 heterocycles. The van der Waals surface area contributed by atoms with E-state index in [0.29, 0.717) is 17.1 Å². The van der Waals surface area contributed by atoms with Crippen LogP contribution in [0.3, 0.4) is 0 Å². The molecule has 20 heavy (non-hydrogen) atoms. The Balaban J connectivity index is 2.19. The van der Waals surface area contributed by atoms with Crippen molar-refractivity contribution < 1.29 is 4.79 Å². The molecule has 0 aliphatic heterocycles. The molecule has 0 unspecified atom stereocenters. The summed E-state index contributed by atoms with van der Waals surface area (Å²) >= 11 is 6.04. The zero-order chi connectivity index (χ0) is 14.5. The number of hydrogen-bond donors (Lipinski definition) is 1. The van der Waals surface area contributed by atoms with Crippen LogP contribution in [0.2, 0.25) is 5.02 Å². The van der Waals surface area contributed by atoms with Gasteiger partial charge in [0.15, 0.2) is 0 Å². The summed E-state index contributed by atoms with van der Waals surface area (Å²) in [6.07, 6.45) is 0. The lowest BCUT2D eigenvalue weighted by atomic mass is 10.2. The maximum atomic E-state index is 12.3. The van der Waals surface area contributed by atoms with Crippen molar-refractivity contribution in [2.75, 3.05) is 11.6 Å². The molecule has 3 nitrogen and oxygen atoms in total. The molecule has 0 saturated carbocycles. The Labute approximate surface area is 124 Å². The van der Waals surface area contributed by atoms with Crippen LogP contribution in [0, 0.1) is 6.92 Å². The second-order valence-electron chi connectivity index (χ2n) is 4.50. The lowest BCUT2D eigenvalue weighted by Gasteiger charge is -2.24. The number of hydrogen-bond acceptors (Lipinski definition) is 2. The second-order valence-corrected chi connectivity index (χ2v) is 4.91. The molecule has 1 N–H and O–H groups in total. The average Bonchev–Trinajstić information content (AvgIpc) is 2.45. The lowest BCUT2D eigenvalue weighted by Crippen LogP contribution is -2.42. The Hall–Kier alpha value is -2.00. The third-order valence-electron chi connectivity index (χ3n) is 2.98. The van der Waals surface area contributed by atoms with Gasteiger partial charge in [-0.1, -0.05) is 35.9 Å². The number of hydrazine groups is 1. The maximum Gasteiger partial charge on any atom is 0.271 e. The molecule has 0 aromatic heterocycles. The van der Waals surface area contributed by atoms with E-state index in [1.807, 2.05) is 38.1 Å². The number of anilines is 1. The first-order valence-corrected chi connectivity index (χ1v) is 6.89. The second kappa shape index (κ2) is 6.44. The third-order valence-corrected chi connectivity index (χ3v) is 3.31. The fourth-order valence-corrected chi connectivity index (χ4v) is 2.17. The summed E-state index contributed by atoms with van der Waals surface area (Å²) in [5.74, 6) is -0.209. The van der Waals surface area contributed by atoms with E-state index in [4.69, 9.17) is 11.6 Å². The lowest BCUT2D eigenvalue weighted by molar-refractivity contribution is 0.0949. The summed E-state index contributed by atoms with van der Waals surface area (Å²) in [5, 5.41) is 2.25. The van der Waals surface area contributed by atoms with Crippen molar-refractivity contribution in [3.63, 3.8) is 0 Å². The smallest absolute Gasteiger partial charge is 0.271 e. The number of benzene rings is 2. The molecule has 0 spiro atoms. The van der Waals surface area contributed by atoms with Crippen LogP contribution in [0.4, 0.5) is 5.69 Å². The molecule has 0 atom stereocenters. The van der Waals surface area contributed by atoms with Crippen molar-refractivity contribution in [3.8, 4) is 0 Å². The predicted octanol–water partition coefficient (Wildman–Crippen LogP) is 3.82. The number of nitrogens with zero attached hydrogens (tertiary/aromatic N) is 1. The Kier molecular flexibility index (Phi) is 4.64. The highest BCUT2D eigenvalue weighted by molar-refractivity contribution is 6.33. The number of aryl methyl sites for hydroxylation is 1. The van der Waals surface area contributed by atoms with E-state index in [9.17, 15) is 4.79 Å². The Morgan fingerprint density at radius 3 is 2.60 bits per heavy atom. The number of rotatable bonds is 4. The van der Waals surface area contributed by atoms with Crippen molar-refractivity contribution in [1.82, 2.24) is 5.43 Å². The summed E-state index contributed by atoms with van der Waals surface area (Å²) in [7, 11) is 0. The predicted molar refractivity (Wildman–Crippen MR) is 83.1 cm³/mol. The normalized spacial score (nSPS) is 10.2. The van der Waals surface area contributed by atoms with Crippen molar-refractivity contribution in [2.24, 2.45) is 0 Å². The molecule has 1 amide bonds. The van der Waals surface area contributed by atoms with Crippen molar-refractivity contribution in [1.29, 1.82) is 0 Å². The van der Waals surface area contributed by atoms with Gasteiger partial charge in [0.2, 0.25) is 0 Å². The fourth-order valence-electron chi connectivity index (χ4n) is 1.95. The molecule has 2 aromatic carbocycles. The SMILES string of the molecule is CCN(NC(=O)c1ccccc1Cl)c1cccc(C)c1. The molecule has 2 rings (SSSR count). The van der Waals surface area contributed by atoms with Crippen LogP contribution in [0.15, 0.2) is 48.5 Å². The summed E-state index contributed by atoms with van der Waals surface area (Å²) < 4.78 is 0. The number of nitrogens with one attached hydrogen (secondary N) is 1. The minimum Gasteiger partial charge on any atom is -0.286 e. The van der Waals surface area contributed by atoms with Crippen molar-refractivity contribution in [3.05, 3.63) is 64.7 Å². The van der Waals surface area contributed by atoms with Gasteiger partial charge in [-0.2, -0.15) is 0 Å². The van der Waals surface area contributed by atoms with Gasteiger partial charge in [0.05, 0.1) is 16.3 Å². The minimum absolute atomic E-state index is 0.209. The molecule has 0 radical (unpaired) electrons. The largest absolute Gasteiger partial charge is 0.286 e. The average molecular weight is 289 g/mol. The molecule has 0 aliphatic rings. The summed E-state index contributed by atoms with van der Waals surface area (Å²) in [6, 6.07) is 15.0. The van der Waals surface area contributed by atoms with Crippen LogP contribution in [0.25, 0.3) is 0 Å². The maximum absolute atomic E-state index is 12.3. The van der Waals surface area contributed by atoms with Gasteiger partial charge in [-0.25, -0.2) is 0 Å². The first-order chi connectivity index (χ1) is 9.61. The molecule has 0 bridgehead atoms. The van der Waals surface area contributed by atoms with E-state index in [1.54, 1.807) is 29.3 Å². The van der Waals surface area contributed by atoms with E-state index in [2.05, 4.69) is 5.43 Å². The first-order valence-electron chi connectivity index (χ1n) is 6.51. The summed E-state index contributed by atoms with van der Waals surface area (Å²) in [5.41, 5.74) is 5.45. The monoisotopic (exact) mass is 288 g/mol. The highest BCUT2D eigenvalue weighted by atomic mass is 35.5. The molecule has 2 aromatic rings. The molecular weight excluding hydrogens is 272 g/mol. The van der Waals surface area contributed by atoms with Crippen LogP contribution in [0.5, 0.6) is 0 Å². The number of amides is 1. The van der Waals surface area contributed by atoms with Gasteiger partial charge in [-0.05, 0) is 43.7 Å². The van der Waals surface area contributed by atoms with Crippen molar-refractivity contribution >= 4 is 23.2 Å². The summed E-state index contributed by atoms with van der Waals surface area (Å²) in [6.45, 7) is 4.67. The molecule has 0 fully saturated rings. The van der Waals surface area contributed by atoms with E-state index in [0.717, 1.165) is 11.3 Å². The number of carbonyl (C=O) groups excluding carboxylic acids is 1. The zero-order valence-corrected chi connectivity index (χ0v) is 12.3. The summed E-state index contributed by atoms with van der Waals surface area (Å²) in [4.78, 5) is 12.3. The van der Waals surface area contributed by atoms with Gasteiger partial charge in [0, 0.05) is 6.54 Å². The van der Waals surface area contributed by atoms with Gasteiger partial charge < -0.3 is 0 Å². The number of halogens is 1. The standard InChI is InChI=1S/C16H17ClN2O/c1-3-19(13-8-6-7-12(2)11-13)18-16(20)14-9-4-5-10-15(14)17/h4-11H,3H2,1-2H3,(H,18,20). The van der Waals surface area contributed by atoms with Gasteiger partial charge in [0.25, 0.3) is 5.91 Å². The van der Waals surface area contributed by atoms with Crippen LogP contribution >= 0.6 is 11.6 Å². The molecule has 0 aliphatic carbocycles. The van der Waals surface area contributed by atoms with Crippen molar-refractivity contribution in [2.45, 2.75) is 13.8 Å². The Morgan fingerprint density at radius 1 is 1.20 bits per heavy atom. The van der Waals surface area contributed by atoms with Crippen LogP contribution in [-0.4, -0.2) is 12.5 Å². The highest BCUT2D eigenvalue weighted by Crippen LogP contribution is 2.17. The minimum atomic E-state index is -0.209. The molecule has 0 saturated heterocycles. The van der Waals surface area contributed by atoms with E-state index in [1.165, 1.54) is 0 Å². The topological polar surface area (TPSA) is 32.3 Å². The Morgan fingerprint density at radius 2 is 1.95 bits per heavy atom. The van der Waals surface area contributed by atoms with Gasteiger partial charge >= 0.3 is 0 Å². The molecular formula is C16H17ClN2O. The Bertz CT molecular complexity index is 613. The van der Waals surface area contributed by atoms with Gasteiger partial charge in [-0.15, -0.1) is 0 Å². The first kappa shape index (κ1) is 14.4. The van der Waals surface area contributed by atoms with E-state index >= 15 is 0 Å². The van der Waals surface area contributed by atoms with E-state index in [-0.39, 0.29) is 5.91 Å². The van der Waals surface area contributed by atoms with Crippen LogP contribution < -0.4 is 10.4 Å². The highest BCUT2D eigenvalue weighted by Gasteiger charge is 2.13. The van der Waals surface area contributed by atoms with Crippen LogP contribution in [-0.2, 0) is 0 Å². The molecule has 4 heteroatoms. The number of carbonyl (C=O) groups is 1. The third kappa shape index (κ3) is 3.31. The van der Waals surface area contributed by atoms with E-state index < -0.39 is 0 Å². The van der Waals surface area contributed by atoms with Gasteiger partial charge in [0.1, 0.15) is 0 Å². The quantitative estimate of drug-likeness (QED) is 0.868. The fraction of sp³-hybridized carbons (Fsp3) is 0.188.